The highest BCUT2D eigenvalue weighted by Gasteiger charge is 2.16. The smallest absolute Gasteiger partial charge is 0.323 e. The van der Waals surface area contributed by atoms with Crippen LogP contribution in [0.3, 0.4) is 0 Å². The first-order valence-electron chi connectivity index (χ1n) is 5.73. The van der Waals surface area contributed by atoms with Crippen LogP contribution in [-0.4, -0.2) is 43.9 Å². The number of aryl methyl sites for hydroxylation is 1. The first-order valence-corrected chi connectivity index (χ1v) is 5.73. The van der Waals surface area contributed by atoms with Crippen molar-refractivity contribution in [1.82, 2.24) is 19.7 Å². The zero-order chi connectivity index (χ0) is 13.1. The van der Waals surface area contributed by atoms with Gasteiger partial charge in [-0.3, -0.25) is 9.48 Å². The van der Waals surface area contributed by atoms with E-state index in [9.17, 15) is 4.79 Å². The van der Waals surface area contributed by atoms with E-state index in [-0.39, 0.29) is 6.54 Å². The standard InChI is InChI=1S/C11H15N5O2/c1-3-4-16(6-9(17)18)11-8-5-14-15(2)10(8)12-7-13-11/h5,7H,3-4,6H2,1-2H3,(H,17,18). The van der Waals surface area contributed by atoms with Crippen molar-refractivity contribution in [3.63, 3.8) is 0 Å². The fourth-order valence-corrected chi connectivity index (χ4v) is 1.89. The molecule has 2 heterocycles. The van der Waals surface area contributed by atoms with Gasteiger partial charge in [-0.05, 0) is 6.42 Å². The summed E-state index contributed by atoms with van der Waals surface area (Å²) < 4.78 is 1.64. The van der Waals surface area contributed by atoms with Crippen LogP contribution in [0.2, 0.25) is 0 Å². The highest BCUT2D eigenvalue weighted by atomic mass is 16.4. The molecule has 0 atom stereocenters. The van der Waals surface area contributed by atoms with E-state index in [4.69, 9.17) is 5.11 Å². The maximum Gasteiger partial charge on any atom is 0.323 e. The molecule has 0 radical (unpaired) electrons. The van der Waals surface area contributed by atoms with Gasteiger partial charge in [0.05, 0.1) is 11.6 Å². The van der Waals surface area contributed by atoms with Crippen molar-refractivity contribution in [2.45, 2.75) is 13.3 Å². The van der Waals surface area contributed by atoms with E-state index < -0.39 is 5.97 Å². The number of carboxylic acid groups (broad SMARTS) is 1. The van der Waals surface area contributed by atoms with E-state index in [1.807, 2.05) is 6.92 Å². The van der Waals surface area contributed by atoms with E-state index >= 15 is 0 Å². The first-order chi connectivity index (χ1) is 8.63. The van der Waals surface area contributed by atoms with Crippen LogP contribution >= 0.6 is 0 Å². The third-order valence-electron chi connectivity index (χ3n) is 2.63. The Morgan fingerprint density at radius 3 is 2.94 bits per heavy atom. The first kappa shape index (κ1) is 12.3. The fourth-order valence-electron chi connectivity index (χ4n) is 1.89. The second-order valence-corrected chi connectivity index (χ2v) is 4.02. The van der Waals surface area contributed by atoms with Crippen molar-refractivity contribution >= 4 is 22.8 Å². The number of rotatable bonds is 5. The van der Waals surface area contributed by atoms with Crippen LogP contribution in [0.5, 0.6) is 0 Å². The number of carboxylic acids is 1. The second-order valence-electron chi connectivity index (χ2n) is 4.02. The van der Waals surface area contributed by atoms with Crippen LogP contribution in [-0.2, 0) is 11.8 Å². The highest BCUT2D eigenvalue weighted by Crippen LogP contribution is 2.21. The lowest BCUT2D eigenvalue weighted by Gasteiger charge is -2.21. The monoisotopic (exact) mass is 249 g/mol. The Kier molecular flexibility index (Phi) is 3.40. The van der Waals surface area contributed by atoms with E-state index in [0.717, 1.165) is 11.8 Å². The summed E-state index contributed by atoms with van der Waals surface area (Å²) in [5.41, 5.74) is 0.700. The molecule has 7 nitrogen and oxygen atoms in total. The molecule has 0 saturated heterocycles. The summed E-state index contributed by atoms with van der Waals surface area (Å²) in [5.74, 6) is -0.253. The largest absolute Gasteiger partial charge is 0.480 e. The number of nitrogens with zero attached hydrogens (tertiary/aromatic N) is 5. The lowest BCUT2D eigenvalue weighted by atomic mass is 10.3. The third-order valence-corrected chi connectivity index (χ3v) is 2.63. The predicted octanol–water partition coefficient (Wildman–Crippen LogP) is 0.664. The molecule has 1 N–H and O–H groups in total. The number of aromatic nitrogens is 4. The maximum atomic E-state index is 10.9. The highest BCUT2D eigenvalue weighted by molar-refractivity contribution is 5.88. The van der Waals surface area contributed by atoms with Gasteiger partial charge in [0.25, 0.3) is 0 Å². The van der Waals surface area contributed by atoms with E-state index in [1.165, 1.54) is 6.33 Å². The van der Waals surface area contributed by atoms with Crippen molar-refractivity contribution in [3.8, 4) is 0 Å². The van der Waals surface area contributed by atoms with Crippen LogP contribution in [0.1, 0.15) is 13.3 Å². The molecule has 2 rings (SSSR count). The minimum Gasteiger partial charge on any atom is -0.480 e. The third kappa shape index (κ3) is 2.24. The molecule has 18 heavy (non-hydrogen) atoms. The Labute approximate surface area is 104 Å². The molecule has 0 unspecified atom stereocenters. The average Bonchev–Trinajstić information content (AvgIpc) is 2.70. The molecule has 0 aliphatic rings. The minimum absolute atomic E-state index is 0.0746. The Morgan fingerprint density at radius 2 is 2.28 bits per heavy atom. The van der Waals surface area contributed by atoms with Crippen LogP contribution in [0.25, 0.3) is 11.0 Å². The van der Waals surface area contributed by atoms with Crippen molar-refractivity contribution < 1.29 is 9.90 Å². The van der Waals surface area contributed by atoms with Gasteiger partial charge in [-0.15, -0.1) is 0 Å². The van der Waals surface area contributed by atoms with E-state index in [2.05, 4.69) is 15.1 Å². The molecule has 0 aromatic carbocycles. The topological polar surface area (TPSA) is 84.1 Å². The maximum absolute atomic E-state index is 10.9. The number of fused-ring (bicyclic) bond motifs is 1. The van der Waals surface area contributed by atoms with Gasteiger partial charge in [-0.1, -0.05) is 6.92 Å². The van der Waals surface area contributed by atoms with Crippen molar-refractivity contribution in [2.24, 2.45) is 7.05 Å². The predicted molar refractivity (Wildman–Crippen MR) is 66.4 cm³/mol. The van der Waals surface area contributed by atoms with Gasteiger partial charge in [0.2, 0.25) is 0 Å². The molecular formula is C11H15N5O2. The average molecular weight is 249 g/mol. The molecule has 2 aromatic rings. The van der Waals surface area contributed by atoms with Crippen LogP contribution in [0, 0.1) is 0 Å². The normalized spacial score (nSPS) is 10.8. The zero-order valence-electron chi connectivity index (χ0n) is 10.4. The molecule has 0 aliphatic carbocycles. The van der Waals surface area contributed by atoms with Crippen molar-refractivity contribution in [1.29, 1.82) is 0 Å². The summed E-state index contributed by atoms with van der Waals surface area (Å²) in [6, 6.07) is 0. The van der Waals surface area contributed by atoms with E-state index in [1.54, 1.807) is 22.8 Å². The van der Waals surface area contributed by atoms with Crippen molar-refractivity contribution in [3.05, 3.63) is 12.5 Å². The van der Waals surface area contributed by atoms with Crippen LogP contribution in [0.15, 0.2) is 12.5 Å². The Balaban J connectivity index is 2.46. The number of aliphatic carboxylic acids is 1. The molecule has 0 amide bonds. The molecular weight excluding hydrogens is 234 g/mol. The summed E-state index contributed by atoms with van der Waals surface area (Å²) >= 11 is 0. The summed E-state index contributed by atoms with van der Waals surface area (Å²) in [4.78, 5) is 21.0. The molecule has 0 saturated carbocycles. The van der Waals surface area contributed by atoms with Gasteiger partial charge < -0.3 is 10.0 Å². The minimum atomic E-state index is -0.876. The van der Waals surface area contributed by atoms with Gasteiger partial charge in [-0.2, -0.15) is 5.10 Å². The van der Waals surface area contributed by atoms with Gasteiger partial charge in [-0.25, -0.2) is 9.97 Å². The fraction of sp³-hybridized carbons (Fsp3) is 0.455. The van der Waals surface area contributed by atoms with E-state index in [0.29, 0.717) is 18.0 Å². The Hall–Kier alpha value is -2.18. The molecule has 0 bridgehead atoms. The SMILES string of the molecule is CCCN(CC(=O)O)c1ncnc2c1cnn2C. The van der Waals surface area contributed by atoms with Crippen LogP contribution in [0.4, 0.5) is 5.82 Å². The van der Waals surface area contributed by atoms with Gasteiger partial charge in [0.1, 0.15) is 18.7 Å². The number of carbonyl (C=O) groups is 1. The second kappa shape index (κ2) is 4.99. The molecule has 0 spiro atoms. The Bertz CT molecular complexity index is 566. The van der Waals surface area contributed by atoms with Gasteiger partial charge >= 0.3 is 5.97 Å². The van der Waals surface area contributed by atoms with Crippen molar-refractivity contribution in [2.75, 3.05) is 18.0 Å². The van der Waals surface area contributed by atoms with Gasteiger partial charge in [0.15, 0.2) is 5.65 Å². The molecule has 0 fully saturated rings. The molecule has 7 heteroatoms. The lowest BCUT2D eigenvalue weighted by Crippen LogP contribution is -2.31. The summed E-state index contributed by atoms with van der Waals surface area (Å²) in [6.07, 6.45) is 3.94. The summed E-state index contributed by atoms with van der Waals surface area (Å²) in [7, 11) is 1.79. The molecule has 2 aromatic heterocycles. The number of hydrogen-bond donors (Lipinski definition) is 1. The zero-order valence-corrected chi connectivity index (χ0v) is 10.4. The summed E-state index contributed by atoms with van der Waals surface area (Å²) in [5, 5.41) is 13.8. The summed E-state index contributed by atoms with van der Waals surface area (Å²) in [6.45, 7) is 2.55. The van der Waals surface area contributed by atoms with Gasteiger partial charge in [0, 0.05) is 13.6 Å². The quantitative estimate of drug-likeness (QED) is 0.838. The molecule has 96 valence electrons. The Morgan fingerprint density at radius 1 is 1.50 bits per heavy atom. The van der Waals surface area contributed by atoms with Crippen LogP contribution < -0.4 is 4.90 Å². The lowest BCUT2D eigenvalue weighted by molar-refractivity contribution is -0.135. The molecule has 0 aliphatic heterocycles. The number of hydrogen-bond acceptors (Lipinski definition) is 5. The number of anilines is 1.